The molecule has 7 heteroatoms. The number of nitrogens with two attached hydrogens (primary N) is 1. The first-order valence-corrected chi connectivity index (χ1v) is 6.67. The maximum atomic E-state index is 11.9. The zero-order valence-electron chi connectivity index (χ0n) is 11.2. The van der Waals surface area contributed by atoms with E-state index in [1.165, 1.54) is 6.33 Å². The number of carbonyl (C=O) groups is 1. The van der Waals surface area contributed by atoms with E-state index in [1.807, 2.05) is 0 Å². The lowest BCUT2D eigenvalue weighted by Crippen LogP contribution is -2.15. The molecule has 1 amide bonds. The summed E-state index contributed by atoms with van der Waals surface area (Å²) < 4.78 is 1.59. The second-order valence-electron chi connectivity index (χ2n) is 4.16. The highest BCUT2D eigenvalue weighted by atomic mass is 35.5. The van der Waals surface area contributed by atoms with Crippen LogP contribution in [0.3, 0.4) is 0 Å². The summed E-state index contributed by atoms with van der Waals surface area (Å²) in [6.07, 6.45) is 3.26. The summed E-state index contributed by atoms with van der Waals surface area (Å²) in [6.45, 7) is 0.734. The van der Waals surface area contributed by atoms with Crippen LogP contribution in [0.15, 0.2) is 30.9 Å². The van der Waals surface area contributed by atoms with Gasteiger partial charge in [0.25, 0.3) is 0 Å². The fraction of sp³-hybridized carbons (Fsp3) is 0.214. The molecule has 1 aromatic carbocycles. The first-order valence-electron chi connectivity index (χ1n) is 6.30. The van der Waals surface area contributed by atoms with Crippen LogP contribution in [0.25, 0.3) is 0 Å². The van der Waals surface area contributed by atoms with Crippen molar-refractivity contribution in [3.05, 3.63) is 41.4 Å². The van der Waals surface area contributed by atoms with E-state index < -0.39 is 0 Å². The lowest BCUT2D eigenvalue weighted by molar-refractivity contribution is -0.116. The van der Waals surface area contributed by atoms with Crippen LogP contribution in [0.4, 0.5) is 5.69 Å². The Kier molecular flexibility index (Phi) is 5.32. The van der Waals surface area contributed by atoms with Crippen LogP contribution < -0.4 is 11.1 Å². The molecule has 0 saturated heterocycles. The van der Waals surface area contributed by atoms with Crippen LogP contribution >= 0.6 is 11.6 Å². The summed E-state index contributed by atoms with van der Waals surface area (Å²) in [5.74, 6) is 5.49. The third-order valence-corrected chi connectivity index (χ3v) is 2.94. The van der Waals surface area contributed by atoms with Crippen LogP contribution in [-0.2, 0) is 11.3 Å². The fourth-order valence-electron chi connectivity index (χ4n) is 1.63. The molecule has 2 aromatic rings. The lowest BCUT2D eigenvalue weighted by atomic mass is 10.2. The molecule has 1 heterocycles. The molecule has 0 aliphatic heterocycles. The highest BCUT2D eigenvalue weighted by Crippen LogP contribution is 2.22. The maximum Gasteiger partial charge on any atom is 0.226 e. The molecule has 0 saturated carbocycles. The monoisotopic (exact) mass is 303 g/mol. The summed E-state index contributed by atoms with van der Waals surface area (Å²) >= 11 is 6.06. The molecular formula is C14H14ClN5O. The Labute approximate surface area is 127 Å². The van der Waals surface area contributed by atoms with Crippen LogP contribution in [0.5, 0.6) is 0 Å². The van der Waals surface area contributed by atoms with E-state index in [-0.39, 0.29) is 18.9 Å². The van der Waals surface area contributed by atoms with Gasteiger partial charge in [-0.2, -0.15) is 5.10 Å². The Hall–Kier alpha value is -2.36. The van der Waals surface area contributed by atoms with Gasteiger partial charge in [0.15, 0.2) is 0 Å². The molecule has 108 valence electrons. The van der Waals surface area contributed by atoms with E-state index in [4.69, 9.17) is 17.3 Å². The van der Waals surface area contributed by atoms with Gasteiger partial charge in [0.05, 0.1) is 23.8 Å². The summed E-state index contributed by atoms with van der Waals surface area (Å²) in [5.41, 5.74) is 6.61. The van der Waals surface area contributed by atoms with Gasteiger partial charge in [-0.1, -0.05) is 23.4 Å². The average molecular weight is 304 g/mol. The third-order valence-electron chi connectivity index (χ3n) is 2.61. The van der Waals surface area contributed by atoms with E-state index in [0.717, 1.165) is 5.56 Å². The van der Waals surface area contributed by atoms with Crippen molar-refractivity contribution < 1.29 is 4.79 Å². The highest BCUT2D eigenvalue weighted by Gasteiger charge is 2.07. The van der Waals surface area contributed by atoms with Crippen LogP contribution in [0, 0.1) is 11.8 Å². The molecule has 2 rings (SSSR count). The fourth-order valence-corrected chi connectivity index (χ4v) is 1.79. The van der Waals surface area contributed by atoms with Crippen LogP contribution in [-0.4, -0.2) is 27.2 Å². The number of carbonyl (C=O) groups excluding carboxylic acids is 1. The minimum atomic E-state index is -0.156. The molecule has 0 aliphatic carbocycles. The molecule has 3 N–H and O–H groups in total. The summed E-state index contributed by atoms with van der Waals surface area (Å²) in [4.78, 5) is 15.7. The Morgan fingerprint density at radius 3 is 3.05 bits per heavy atom. The molecule has 1 aromatic heterocycles. The zero-order valence-corrected chi connectivity index (χ0v) is 12.0. The molecule has 0 fully saturated rings. The largest absolute Gasteiger partial charge is 0.325 e. The quantitative estimate of drug-likeness (QED) is 0.833. The van der Waals surface area contributed by atoms with Gasteiger partial charge in [-0.05, 0) is 18.2 Å². The van der Waals surface area contributed by atoms with Gasteiger partial charge in [0.2, 0.25) is 5.91 Å². The van der Waals surface area contributed by atoms with E-state index in [0.29, 0.717) is 17.3 Å². The Morgan fingerprint density at radius 1 is 1.48 bits per heavy atom. The molecule has 0 bridgehead atoms. The van der Waals surface area contributed by atoms with Crippen molar-refractivity contribution in [2.24, 2.45) is 5.73 Å². The predicted octanol–water partition coefficient (Wildman–Crippen LogP) is 1.27. The molecule has 21 heavy (non-hydrogen) atoms. The number of aromatic nitrogens is 3. The topological polar surface area (TPSA) is 85.8 Å². The van der Waals surface area contributed by atoms with Crippen molar-refractivity contribution in [2.45, 2.75) is 13.0 Å². The number of benzene rings is 1. The first-order chi connectivity index (χ1) is 10.2. The maximum absolute atomic E-state index is 11.9. The highest BCUT2D eigenvalue weighted by molar-refractivity contribution is 6.33. The number of halogens is 1. The van der Waals surface area contributed by atoms with Crippen molar-refractivity contribution in [1.82, 2.24) is 14.8 Å². The Morgan fingerprint density at radius 2 is 2.33 bits per heavy atom. The second-order valence-corrected chi connectivity index (χ2v) is 4.56. The first kappa shape index (κ1) is 15.0. The zero-order chi connectivity index (χ0) is 15.1. The number of hydrogen-bond acceptors (Lipinski definition) is 4. The normalized spacial score (nSPS) is 9.81. The molecule has 0 unspecified atom stereocenters. The van der Waals surface area contributed by atoms with Gasteiger partial charge in [0, 0.05) is 12.0 Å². The van der Waals surface area contributed by atoms with Gasteiger partial charge in [-0.15, -0.1) is 0 Å². The number of nitrogens with zero attached hydrogens (tertiary/aromatic N) is 3. The SMILES string of the molecule is NCC#Cc1ccc(Cl)c(NC(=O)CCn2cncn2)c1. The Balaban J connectivity index is 1.99. The predicted molar refractivity (Wildman–Crippen MR) is 80.7 cm³/mol. The minimum Gasteiger partial charge on any atom is -0.325 e. The number of aryl methyl sites for hydroxylation is 1. The lowest BCUT2D eigenvalue weighted by Gasteiger charge is -2.07. The molecule has 0 radical (unpaired) electrons. The number of rotatable bonds is 4. The number of nitrogens with one attached hydrogen (secondary N) is 1. The molecule has 0 spiro atoms. The molecule has 0 aliphatic rings. The van der Waals surface area contributed by atoms with Gasteiger partial charge < -0.3 is 11.1 Å². The molecule has 6 nitrogen and oxygen atoms in total. The molecular weight excluding hydrogens is 290 g/mol. The van der Waals surface area contributed by atoms with Gasteiger partial charge in [-0.3, -0.25) is 9.48 Å². The van der Waals surface area contributed by atoms with Crippen molar-refractivity contribution in [3.8, 4) is 11.8 Å². The van der Waals surface area contributed by atoms with Crippen LogP contribution in [0.2, 0.25) is 5.02 Å². The summed E-state index contributed by atoms with van der Waals surface area (Å²) in [6, 6.07) is 5.18. The second kappa shape index (κ2) is 7.43. The average Bonchev–Trinajstić information content (AvgIpc) is 2.99. The smallest absolute Gasteiger partial charge is 0.226 e. The van der Waals surface area contributed by atoms with E-state index >= 15 is 0 Å². The van der Waals surface area contributed by atoms with Gasteiger partial charge in [-0.25, -0.2) is 4.98 Å². The third kappa shape index (κ3) is 4.60. The van der Waals surface area contributed by atoms with Crippen LogP contribution in [0.1, 0.15) is 12.0 Å². The molecule has 0 atom stereocenters. The van der Waals surface area contributed by atoms with Crippen molar-refractivity contribution in [1.29, 1.82) is 0 Å². The van der Waals surface area contributed by atoms with E-state index in [1.54, 1.807) is 29.2 Å². The van der Waals surface area contributed by atoms with Crippen molar-refractivity contribution >= 4 is 23.2 Å². The number of hydrogen-bond donors (Lipinski definition) is 2. The van der Waals surface area contributed by atoms with Gasteiger partial charge in [0.1, 0.15) is 12.7 Å². The van der Waals surface area contributed by atoms with Crippen molar-refractivity contribution in [2.75, 3.05) is 11.9 Å². The minimum absolute atomic E-state index is 0.156. The number of anilines is 1. The van der Waals surface area contributed by atoms with Gasteiger partial charge >= 0.3 is 0 Å². The van der Waals surface area contributed by atoms with Crippen molar-refractivity contribution in [3.63, 3.8) is 0 Å². The van der Waals surface area contributed by atoms with E-state index in [2.05, 4.69) is 27.2 Å². The Bertz CT molecular complexity index is 672. The summed E-state index contributed by atoms with van der Waals surface area (Å²) in [7, 11) is 0. The standard InChI is InChI=1S/C14H14ClN5O/c15-12-4-3-11(2-1-6-16)8-13(12)19-14(21)5-7-20-10-17-9-18-20/h3-4,8-10H,5-7,16H2,(H,19,21). The summed E-state index contributed by atoms with van der Waals surface area (Å²) in [5, 5.41) is 7.15. The van der Waals surface area contributed by atoms with E-state index in [9.17, 15) is 4.79 Å². The number of amides is 1.